The van der Waals surface area contributed by atoms with E-state index in [1.807, 2.05) is 12.1 Å². The van der Waals surface area contributed by atoms with E-state index >= 15 is 0 Å². The van der Waals surface area contributed by atoms with Crippen molar-refractivity contribution in [2.45, 2.75) is 44.6 Å². The molecule has 0 unspecified atom stereocenters. The fraction of sp³-hybridized carbons (Fsp3) is 0.500. The number of amides is 1. The molecule has 0 saturated heterocycles. The van der Waals surface area contributed by atoms with Gasteiger partial charge in [0.25, 0.3) is 5.91 Å². The summed E-state index contributed by atoms with van der Waals surface area (Å²) in [5.41, 5.74) is 1.76. The Morgan fingerprint density at radius 1 is 1.33 bits per heavy atom. The van der Waals surface area contributed by atoms with Gasteiger partial charge < -0.3 is 14.8 Å². The van der Waals surface area contributed by atoms with Gasteiger partial charge in [0.1, 0.15) is 5.75 Å². The number of aromatic nitrogens is 2. The first kappa shape index (κ1) is 19.7. The number of halogens is 1. The minimum absolute atomic E-state index is 0.0510. The number of hydrogen-bond donors (Lipinski definition) is 1. The number of carbonyl (C=O) groups excluding carboxylic acids is 1. The third-order valence-electron chi connectivity index (χ3n) is 4.82. The predicted molar refractivity (Wildman–Crippen MR) is 106 cm³/mol. The highest BCUT2D eigenvalue weighted by molar-refractivity contribution is 6.30. The average molecular weight is 392 g/mol. The Morgan fingerprint density at radius 2 is 2.15 bits per heavy atom. The monoisotopic (exact) mass is 391 g/mol. The molecule has 1 heterocycles. The Bertz CT molecular complexity index is 757. The zero-order valence-electron chi connectivity index (χ0n) is 15.6. The Kier molecular flexibility index (Phi) is 7.12. The maximum Gasteiger partial charge on any atom is 0.262 e. The van der Waals surface area contributed by atoms with Crippen molar-refractivity contribution in [3.63, 3.8) is 0 Å². The van der Waals surface area contributed by atoms with Gasteiger partial charge in [0, 0.05) is 18.3 Å². The number of anilines is 1. The van der Waals surface area contributed by atoms with E-state index < -0.39 is 0 Å². The van der Waals surface area contributed by atoms with Crippen LogP contribution in [0.5, 0.6) is 5.75 Å². The summed E-state index contributed by atoms with van der Waals surface area (Å²) in [4.78, 5) is 12.2. The predicted octanol–water partition coefficient (Wildman–Crippen LogP) is 4.25. The molecule has 1 aromatic carbocycles. The fourth-order valence-corrected chi connectivity index (χ4v) is 3.64. The molecule has 1 aliphatic carbocycles. The van der Waals surface area contributed by atoms with Crippen LogP contribution in [0.3, 0.4) is 0 Å². The third-order valence-corrected chi connectivity index (χ3v) is 5.05. The van der Waals surface area contributed by atoms with Crippen LogP contribution in [0.1, 0.15) is 43.6 Å². The molecule has 1 aliphatic rings. The molecule has 1 N–H and O–H groups in total. The smallest absolute Gasteiger partial charge is 0.262 e. The van der Waals surface area contributed by atoms with E-state index in [1.165, 1.54) is 19.3 Å². The van der Waals surface area contributed by atoms with Crippen LogP contribution >= 0.6 is 11.6 Å². The summed E-state index contributed by atoms with van der Waals surface area (Å²) in [6, 6.07) is 5.65. The third kappa shape index (κ3) is 5.71. The second kappa shape index (κ2) is 9.76. The summed E-state index contributed by atoms with van der Waals surface area (Å²) >= 11 is 6.19. The number of nitrogens with zero attached hydrogens (tertiary/aromatic N) is 2. The van der Waals surface area contributed by atoms with Crippen molar-refractivity contribution >= 4 is 23.2 Å². The molecule has 7 heteroatoms. The molecule has 2 aromatic rings. The van der Waals surface area contributed by atoms with Gasteiger partial charge in [-0.15, -0.1) is 0 Å². The van der Waals surface area contributed by atoms with E-state index in [4.69, 9.17) is 21.1 Å². The van der Waals surface area contributed by atoms with E-state index in [9.17, 15) is 4.79 Å². The average Bonchev–Trinajstić information content (AvgIpc) is 3.13. The van der Waals surface area contributed by atoms with Crippen molar-refractivity contribution in [3.8, 4) is 5.75 Å². The molecule has 0 radical (unpaired) electrons. The van der Waals surface area contributed by atoms with Crippen molar-refractivity contribution < 1.29 is 14.3 Å². The number of ether oxygens (including phenoxy) is 2. The van der Waals surface area contributed by atoms with Crippen LogP contribution in [-0.2, 0) is 16.1 Å². The van der Waals surface area contributed by atoms with Gasteiger partial charge in [-0.3, -0.25) is 9.48 Å². The van der Waals surface area contributed by atoms with Crippen molar-refractivity contribution in [2.75, 3.05) is 25.6 Å². The van der Waals surface area contributed by atoms with E-state index in [-0.39, 0.29) is 12.5 Å². The number of methoxy groups -OCH3 is 1. The molecule has 6 nitrogen and oxygen atoms in total. The first-order valence-electron chi connectivity index (χ1n) is 9.39. The molecule has 1 aromatic heterocycles. The van der Waals surface area contributed by atoms with Gasteiger partial charge in [-0.1, -0.05) is 30.9 Å². The number of hydrogen-bond acceptors (Lipinski definition) is 4. The molecule has 146 valence electrons. The van der Waals surface area contributed by atoms with Gasteiger partial charge in [-0.05, 0) is 42.5 Å². The maximum atomic E-state index is 12.2. The van der Waals surface area contributed by atoms with Crippen molar-refractivity contribution in [3.05, 3.63) is 41.2 Å². The lowest BCUT2D eigenvalue weighted by Crippen LogP contribution is -2.20. The van der Waals surface area contributed by atoms with Crippen LogP contribution in [0.2, 0.25) is 5.02 Å². The summed E-state index contributed by atoms with van der Waals surface area (Å²) in [6.45, 7) is 1.15. The molecule has 0 bridgehead atoms. The molecule has 0 spiro atoms. The van der Waals surface area contributed by atoms with E-state index in [0.29, 0.717) is 29.8 Å². The summed E-state index contributed by atoms with van der Waals surface area (Å²) in [6.07, 6.45) is 9.41. The molecule has 0 aliphatic heterocycles. The standard InChI is InChI=1S/C20H26ClN3O3/c1-26-10-9-24-13-17(12-22-24)23-20(25)14-27-19-8-7-16(21)11-18(19)15-5-3-2-4-6-15/h7-8,11-13,15H,2-6,9-10,14H2,1H3,(H,23,25). The summed E-state index contributed by atoms with van der Waals surface area (Å²) in [7, 11) is 1.64. The van der Waals surface area contributed by atoms with E-state index in [2.05, 4.69) is 10.4 Å². The second-order valence-electron chi connectivity index (χ2n) is 6.84. The van der Waals surface area contributed by atoms with Gasteiger partial charge in [-0.25, -0.2) is 0 Å². The summed E-state index contributed by atoms with van der Waals surface area (Å²) in [5, 5.41) is 7.69. The van der Waals surface area contributed by atoms with Crippen molar-refractivity contribution in [1.29, 1.82) is 0 Å². The first-order chi connectivity index (χ1) is 13.2. The summed E-state index contributed by atoms with van der Waals surface area (Å²) < 4.78 is 12.6. The molecule has 1 saturated carbocycles. The van der Waals surface area contributed by atoms with Gasteiger partial charge in [-0.2, -0.15) is 5.10 Å². The van der Waals surface area contributed by atoms with Gasteiger partial charge in [0.15, 0.2) is 6.61 Å². The molecule has 1 amide bonds. The molecule has 0 atom stereocenters. The van der Waals surface area contributed by atoms with E-state index in [0.717, 1.165) is 24.2 Å². The Balaban J connectivity index is 1.57. The molecular weight excluding hydrogens is 366 g/mol. The normalized spacial score (nSPS) is 14.9. The van der Waals surface area contributed by atoms with Gasteiger partial charge in [0.2, 0.25) is 0 Å². The van der Waals surface area contributed by atoms with Gasteiger partial charge in [0.05, 0.1) is 25.0 Å². The highest BCUT2D eigenvalue weighted by atomic mass is 35.5. The number of carbonyl (C=O) groups is 1. The SMILES string of the molecule is COCCn1cc(NC(=O)COc2ccc(Cl)cc2C2CCCCC2)cn1. The zero-order chi connectivity index (χ0) is 19.1. The van der Waals surface area contributed by atoms with Crippen molar-refractivity contribution in [2.24, 2.45) is 0 Å². The van der Waals surface area contributed by atoms with Crippen LogP contribution in [0.15, 0.2) is 30.6 Å². The quantitative estimate of drug-likeness (QED) is 0.730. The van der Waals surface area contributed by atoms with E-state index in [1.54, 1.807) is 30.3 Å². The Labute approximate surface area is 164 Å². The number of benzene rings is 1. The van der Waals surface area contributed by atoms with Crippen LogP contribution < -0.4 is 10.1 Å². The first-order valence-corrected chi connectivity index (χ1v) is 9.77. The largest absolute Gasteiger partial charge is 0.483 e. The molecule has 1 fully saturated rings. The highest BCUT2D eigenvalue weighted by Crippen LogP contribution is 2.38. The lowest BCUT2D eigenvalue weighted by atomic mass is 9.84. The van der Waals surface area contributed by atoms with Crippen LogP contribution in [0.4, 0.5) is 5.69 Å². The lowest BCUT2D eigenvalue weighted by Gasteiger charge is -2.24. The Hall–Kier alpha value is -2.05. The summed E-state index contributed by atoms with van der Waals surface area (Å²) in [5.74, 6) is 0.984. The Morgan fingerprint density at radius 3 is 2.93 bits per heavy atom. The zero-order valence-corrected chi connectivity index (χ0v) is 16.4. The molecule has 3 rings (SSSR count). The topological polar surface area (TPSA) is 65.4 Å². The fourth-order valence-electron chi connectivity index (χ4n) is 3.46. The second-order valence-corrected chi connectivity index (χ2v) is 7.28. The van der Waals surface area contributed by atoms with Gasteiger partial charge >= 0.3 is 0 Å². The number of rotatable bonds is 8. The number of nitrogens with one attached hydrogen (secondary N) is 1. The lowest BCUT2D eigenvalue weighted by molar-refractivity contribution is -0.118. The maximum absolute atomic E-state index is 12.2. The molecule has 27 heavy (non-hydrogen) atoms. The minimum atomic E-state index is -0.217. The van der Waals surface area contributed by atoms with Crippen LogP contribution in [0, 0.1) is 0 Å². The molecular formula is C20H26ClN3O3. The van der Waals surface area contributed by atoms with Crippen LogP contribution in [0.25, 0.3) is 0 Å². The van der Waals surface area contributed by atoms with Crippen LogP contribution in [-0.4, -0.2) is 36.0 Å². The highest BCUT2D eigenvalue weighted by Gasteiger charge is 2.20. The van der Waals surface area contributed by atoms with Crippen molar-refractivity contribution in [1.82, 2.24) is 9.78 Å². The minimum Gasteiger partial charge on any atom is -0.483 e.